The Kier molecular flexibility index (Phi) is 7.88. The number of hydrogen-bond donors (Lipinski definition) is 0. The van der Waals surface area contributed by atoms with Crippen molar-refractivity contribution in [2.45, 2.75) is 37.7 Å². The standard InChI is InChI=1S/C25H32N2O6S/c1-3-31-25(28)20-12-14-27(15-13-20)34(29,30)23-18-33-26(2)24(23)21-10-7-11-22(16-21)32-17-19-8-5-4-6-9-19/h4-11,16,20,23-24H,3,12-15,17-18H2,1-2H3/t23-,24+/m0/s1. The van der Waals surface area contributed by atoms with Crippen molar-refractivity contribution >= 4 is 16.0 Å². The van der Waals surface area contributed by atoms with Crippen LogP contribution in [-0.4, -0.2) is 62.4 Å². The highest BCUT2D eigenvalue weighted by Crippen LogP contribution is 2.37. The van der Waals surface area contributed by atoms with E-state index in [1.807, 2.05) is 54.6 Å². The normalized spacial score (nSPS) is 22.5. The van der Waals surface area contributed by atoms with Crippen molar-refractivity contribution in [1.29, 1.82) is 0 Å². The zero-order chi connectivity index (χ0) is 24.1. The lowest BCUT2D eigenvalue weighted by molar-refractivity contribution is -0.149. The lowest BCUT2D eigenvalue weighted by Crippen LogP contribution is -2.46. The topological polar surface area (TPSA) is 85.4 Å². The predicted molar refractivity (Wildman–Crippen MR) is 127 cm³/mol. The minimum absolute atomic E-state index is 0.0798. The first-order chi connectivity index (χ1) is 16.4. The molecule has 8 nitrogen and oxygen atoms in total. The third kappa shape index (κ3) is 5.43. The van der Waals surface area contributed by atoms with Gasteiger partial charge < -0.3 is 9.47 Å². The van der Waals surface area contributed by atoms with E-state index in [4.69, 9.17) is 14.3 Å². The van der Waals surface area contributed by atoms with E-state index >= 15 is 0 Å². The molecule has 2 atom stereocenters. The maximum Gasteiger partial charge on any atom is 0.309 e. The van der Waals surface area contributed by atoms with Gasteiger partial charge in [-0.2, -0.15) is 5.06 Å². The molecule has 9 heteroatoms. The first-order valence-corrected chi connectivity index (χ1v) is 13.2. The highest BCUT2D eigenvalue weighted by atomic mass is 32.2. The van der Waals surface area contributed by atoms with Gasteiger partial charge in [0, 0.05) is 20.1 Å². The number of nitrogens with zero attached hydrogens (tertiary/aromatic N) is 2. The van der Waals surface area contributed by atoms with Crippen molar-refractivity contribution in [3.63, 3.8) is 0 Å². The third-order valence-electron chi connectivity index (χ3n) is 6.45. The molecule has 2 heterocycles. The summed E-state index contributed by atoms with van der Waals surface area (Å²) in [5, 5.41) is 0.866. The van der Waals surface area contributed by atoms with Crippen LogP contribution in [0.15, 0.2) is 54.6 Å². The smallest absolute Gasteiger partial charge is 0.309 e. The van der Waals surface area contributed by atoms with Crippen LogP contribution in [0.3, 0.4) is 0 Å². The second-order valence-electron chi connectivity index (χ2n) is 8.64. The van der Waals surface area contributed by atoms with Crippen molar-refractivity contribution < 1.29 is 27.5 Å². The first kappa shape index (κ1) is 24.7. The van der Waals surface area contributed by atoms with Crippen LogP contribution in [0.5, 0.6) is 5.75 Å². The van der Waals surface area contributed by atoms with Gasteiger partial charge >= 0.3 is 5.97 Å². The largest absolute Gasteiger partial charge is 0.489 e. The summed E-state index contributed by atoms with van der Waals surface area (Å²) in [6, 6.07) is 16.9. The number of hydrogen-bond acceptors (Lipinski definition) is 7. The molecule has 2 aromatic carbocycles. The molecule has 0 bridgehead atoms. The Bertz CT molecular complexity index is 1070. The predicted octanol–water partition coefficient (Wildman–Crippen LogP) is 3.16. The van der Waals surface area contributed by atoms with Crippen molar-refractivity contribution in [2.75, 3.05) is 33.4 Å². The second kappa shape index (κ2) is 10.9. The van der Waals surface area contributed by atoms with E-state index in [0.717, 1.165) is 11.1 Å². The van der Waals surface area contributed by atoms with E-state index < -0.39 is 21.3 Å². The lowest BCUT2D eigenvalue weighted by Gasteiger charge is -2.33. The van der Waals surface area contributed by atoms with E-state index in [1.165, 1.54) is 4.31 Å². The molecule has 2 aliphatic heterocycles. The molecular weight excluding hydrogens is 456 g/mol. The molecule has 0 aromatic heterocycles. The average Bonchev–Trinajstić information content (AvgIpc) is 3.26. The minimum Gasteiger partial charge on any atom is -0.489 e. The van der Waals surface area contributed by atoms with Crippen LogP contribution in [0, 0.1) is 5.92 Å². The molecule has 34 heavy (non-hydrogen) atoms. The summed E-state index contributed by atoms with van der Waals surface area (Å²) in [6.07, 6.45) is 0.934. The number of rotatable bonds is 8. The Morgan fingerprint density at radius 3 is 2.53 bits per heavy atom. The number of piperidine rings is 1. The Hall–Kier alpha value is -2.46. The van der Waals surface area contributed by atoms with Crippen LogP contribution in [0.25, 0.3) is 0 Å². The lowest BCUT2D eigenvalue weighted by atomic mass is 9.98. The average molecular weight is 489 g/mol. The molecule has 2 fully saturated rings. The van der Waals surface area contributed by atoms with Gasteiger partial charge in [-0.05, 0) is 43.0 Å². The molecular formula is C25H32N2O6S. The zero-order valence-corrected chi connectivity index (χ0v) is 20.4. The van der Waals surface area contributed by atoms with E-state index in [1.54, 1.807) is 19.0 Å². The number of ether oxygens (including phenoxy) is 2. The summed E-state index contributed by atoms with van der Waals surface area (Å²) in [5.41, 5.74) is 1.88. The molecule has 2 aromatic rings. The van der Waals surface area contributed by atoms with Gasteiger partial charge in [0.1, 0.15) is 17.6 Å². The quantitative estimate of drug-likeness (QED) is 0.528. The molecule has 0 radical (unpaired) electrons. The number of sulfonamides is 1. The van der Waals surface area contributed by atoms with E-state index in [-0.39, 0.29) is 18.5 Å². The Morgan fingerprint density at radius 2 is 1.82 bits per heavy atom. The SMILES string of the molecule is CCOC(=O)C1CCN(S(=O)(=O)[C@H]2CON(C)[C@@H]2c2cccc(OCc3ccccc3)c2)CC1. The highest BCUT2D eigenvalue weighted by molar-refractivity contribution is 7.89. The molecule has 4 rings (SSSR count). The first-order valence-electron chi connectivity index (χ1n) is 11.7. The van der Waals surface area contributed by atoms with Crippen molar-refractivity contribution in [3.05, 3.63) is 65.7 Å². The summed E-state index contributed by atoms with van der Waals surface area (Å²) in [5.74, 6) is 0.185. The summed E-state index contributed by atoms with van der Waals surface area (Å²) in [6.45, 7) is 3.22. The molecule has 0 unspecified atom stereocenters. The molecule has 2 saturated heterocycles. The van der Waals surface area contributed by atoms with E-state index in [2.05, 4.69) is 0 Å². The van der Waals surface area contributed by atoms with Crippen LogP contribution in [-0.2, 0) is 31.0 Å². The van der Waals surface area contributed by atoms with E-state index in [9.17, 15) is 13.2 Å². The molecule has 2 aliphatic rings. The third-order valence-corrected chi connectivity index (χ3v) is 8.69. The van der Waals surface area contributed by atoms with Crippen LogP contribution in [0.4, 0.5) is 0 Å². The second-order valence-corrected chi connectivity index (χ2v) is 10.8. The zero-order valence-electron chi connectivity index (χ0n) is 19.6. The summed E-state index contributed by atoms with van der Waals surface area (Å²) < 4.78 is 39.7. The Morgan fingerprint density at radius 1 is 1.09 bits per heavy atom. The molecule has 0 amide bonds. The van der Waals surface area contributed by atoms with Gasteiger partial charge in [-0.15, -0.1) is 0 Å². The van der Waals surface area contributed by atoms with Crippen LogP contribution in [0.1, 0.15) is 36.9 Å². The van der Waals surface area contributed by atoms with Crippen LogP contribution >= 0.6 is 0 Å². The fourth-order valence-corrected chi connectivity index (χ4v) is 6.59. The maximum atomic E-state index is 13.6. The molecule has 184 valence electrons. The summed E-state index contributed by atoms with van der Waals surface area (Å²) in [7, 11) is -1.89. The molecule has 0 N–H and O–H groups in total. The fraction of sp³-hybridized carbons (Fsp3) is 0.480. The monoisotopic (exact) mass is 488 g/mol. The summed E-state index contributed by atoms with van der Waals surface area (Å²) in [4.78, 5) is 17.7. The van der Waals surface area contributed by atoms with Gasteiger partial charge in [-0.3, -0.25) is 9.63 Å². The van der Waals surface area contributed by atoms with Gasteiger partial charge in [0.2, 0.25) is 10.0 Å². The van der Waals surface area contributed by atoms with Crippen LogP contribution < -0.4 is 4.74 Å². The fourth-order valence-electron chi connectivity index (χ4n) is 4.60. The van der Waals surface area contributed by atoms with Gasteiger partial charge in [-0.25, -0.2) is 12.7 Å². The van der Waals surface area contributed by atoms with Gasteiger partial charge in [0.15, 0.2) is 0 Å². The van der Waals surface area contributed by atoms with Gasteiger partial charge in [-0.1, -0.05) is 42.5 Å². The molecule has 0 spiro atoms. The van der Waals surface area contributed by atoms with Gasteiger partial charge in [0.05, 0.1) is 25.2 Å². The number of esters is 1. The van der Waals surface area contributed by atoms with E-state index in [0.29, 0.717) is 44.9 Å². The summed E-state index contributed by atoms with van der Waals surface area (Å²) >= 11 is 0. The number of benzene rings is 2. The maximum absolute atomic E-state index is 13.6. The Labute approximate surface area is 201 Å². The Balaban J connectivity index is 1.46. The molecule has 0 aliphatic carbocycles. The van der Waals surface area contributed by atoms with Crippen LogP contribution in [0.2, 0.25) is 0 Å². The van der Waals surface area contributed by atoms with Gasteiger partial charge in [0.25, 0.3) is 0 Å². The molecule has 0 saturated carbocycles. The van der Waals surface area contributed by atoms with Crippen molar-refractivity contribution in [2.24, 2.45) is 5.92 Å². The highest BCUT2D eigenvalue weighted by Gasteiger charge is 2.46. The van der Waals surface area contributed by atoms with Crippen molar-refractivity contribution in [3.8, 4) is 5.75 Å². The minimum atomic E-state index is -3.65. The number of carbonyl (C=O) groups is 1. The number of hydroxylamine groups is 2. The van der Waals surface area contributed by atoms with Crippen molar-refractivity contribution in [1.82, 2.24) is 9.37 Å². The number of carbonyl (C=O) groups excluding carboxylic acids is 1.